The Labute approximate surface area is 226 Å². The molecule has 5 rings (SSSR count). The number of fused-ring (bicyclic) bond motifs is 1. The molecule has 1 atom stereocenters. The first-order valence-corrected chi connectivity index (χ1v) is 12.0. The molecule has 212 valence electrons. The number of aliphatic carboxylic acids is 1. The van der Waals surface area contributed by atoms with Gasteiger partial charge in [0.2, 0.25) is 5.82 Å². The van der Waals surface area contributed by atoms with Gasteiger partial charge in [0.05, 0.1) is 22.2 Å². The molecule has 0 saturated carbocycles. The largest absolute Gasteiger partial charge is 0.480 e. The maximum Gasteiger partial charge on any atom is 0.418 e. The Bertz CT molecular complexity index is 1640. The summed E-state index contributed by atoms with van der Waals surface area (Å²) >= 11 is 0. The van der Waals surface area contributed by atoms with Gasteiger partial charge in [-0.05, 0) is 61.4 Å². The number of carbonyl (C=O) groups excluding carboxylic acids is 1. The lowest BCUT2D eigenvalue weighted by Gasteiger charge is -2.21. The topological polar surface area (TPSA) is 121 Å². The van der Waals surface area contributed by atoms with Gasteiger partial charge in [-0.2, -0.15) is 26.3 Å². The van der Waals surface area contributed by atoms with Crippen LogP contribution in [0, 0.1) is 0 Å². The molecule has 2 N–H and O–H groups in total. The van der Waals surface area contributed by atoms with E-state index in [1.54, 1.807) is 0 Å². The number of rotatable bonds is 5. The van der Waals surface area contributed by atoms with Crippen LogP contribution in [0.25, 0.3) is 22.4 Å². The highest BCUT2D eigenvalue weighted by Gasteiger charge is 2.37. The summed E-state index contributed by atoms with van der Waals surface area (Å²) in [5, 5.41) is 12.4. The average molecular weight is 576 g/mol. The Morgan fingerprint density at radius 1 is 0.927 bits per heavy atom. The average Bonchev–Trinajstić information content (AvgIpc) is 3.42. The van der Waals surface area contributed by atoms with Crippen LogP contribution in [0.3, 0.4) is 0 Å². The predicted molar refractivity (Wildman–Crippen MR) is 132 cm³/mol. The van der Waals surface area contributed by atoms with Crippen molar-refractivity contribution in [2.45, 2.75) is 31.2 Å². The number of benzene rings is 1. The Kier molecular flexibility index (Phi) is 6.97. The van der Waals surface area contributed by atoms with Gasteiger partial charge in [0, 0.05) is 18.4 Å². The van der Waals surface area contributed by atoms with E-state index in [0.29, 0.717) is 6.42 Å². The van der Waals surface area contributed by atoms with Crippen molar-refractivity contribution in [2.75, 3.05) is 11.9 Å². The molecule has 15 heteroatoms. The molecule has 1 aromatic carbocycles. The number of amides is 1. The number of hydrogen-bond donors (Lipinski definition) is 2. The SMILES string of the molecule is O=C(O)[C@@H]1CCCN1C(=O)c1nc(Nc2ccc(C(F)(F)F)cc2)c2ccc(-c3ncccc3C(F)(F)F)nc2n1. The van der Waals surface area contributed by atoms with Crippen LogP contribution in [0.5, 0.6) is 0 Å². The third kappa shape index (κ3) is 5.60. The van der Waals surface area contributed by atoms with Gasteiger partial charge in [-0.1, -0.05) is 0 Å². The van der Waals surface area contributed by atoms with Gasteiger partial charge < -0.3 is 15.3 Å². The number of carbonyl (C=O) groups is 2. The minimum Gasteiger partial charge on any atom is -0.480 e. The van der Waals surface area contributed by atoms with Crippen molar-refractivity contribution in [2.24, 2.45) is 0 Å². The summed E-state index contributed by atoms with van der Waals surface area (Å²) in [6, 6.07) is 7.32. The second kappa shape index (κ2) is 10.3. The molecule has 1 amide bonds. The number of hydrogen-bond acceptors (Lipinski definition) is 7. The molecule has 1 aliphatic rings. The van der Waals surface area contributed by atoms with Crippen LogP contribution in [0.1, 0.15) is 34.6 Å². The first-order chi connectivity index (χ1) is 19.3. The van der Waals surface area contributed by atoms with E-state index in [9.17, 15) is 41.0 Å². The van der Waals surface area contributed by atoms with Crippen LogP contribution in [0.15, 0.2) is 54.7 Å². The molecule has 1 aliphatic heterocycles. The van der Waals surface area contributed by atoms with Crippen molar-refractivity contribution in [1.82, 2.24) is 24.8 Å². The summed E-state index contributed by atoms with van der Waals surface area (Å²) in [7, 11) is 0. The Balaban J connectivity index is 1.63. The molecule has 0 spiro atoms. The van der Waals surface area contributed by atoms with Gasteiger partial charge in [-0.15, -0.1) is 0 Å². The van der Waals surface area contributed by atoms with E-state index in [1.807, 2.05) is 0 Å². The van der Waals surface area contributed by atoms with Crippen LogP contribution in [0.2, 0.25) is 0 Å². The highest BCUT2D eigenvalue weighted by atomic mass is 19.4. The zero-order chi connectivity index (χ0) is 29.5. The summed E-state index contributed by atoms with van der Waals surface area (Å²) in [6.45, 7) is 0.106. The monoisotopic (exact) mass is 576 g/mol. The van der Waals surface area contributed by atoms with Crippen molar-refractivity contribution in [3.8, 4) is 11.4 Å². The quantitative estimate of drug-likeness (QED) is 0.297. The first-order valence-electron chi connectivity index (χ1n) is 12.0. The number of carboxylic acids is 1. The lowest BCUT2D eigenvalue weighted by atomic mass is 10.1. The number of halogens is 6. The van der Waals surface area contributed by atoms with Gasteiger partial charge >= 0.3 is 18.3 Å². The molecular weight excluding hydrogens is 558 g/mol. The van der Waals surface area contributed by atoms with Crippen LogP contribution < -0.4 is 5.32 Å². The lowest BCUT2D eigenvalue weighted by Crippen LogP contribution is -2.41. The van der Waals surface area contributed by atoms with E-state index in [2.05, 4.69) is 25.3 Å². The Morgan fingerprint density at radius 2 is 1.66 bits per heavy atom. The van der Waals surface area contributed by atoms with Crippen molar-refractivity contribution in [1.29, 1.82) is 0 Å². The molecule has 0 bridgehead atoms. The summed E-state index contributed by atoms with van der Waals surface area (Å²) in [4.78, 5) is 42.4. The molecule has 0 aliphatic carbocycles. The molecule has 9 nitrogen and oxygen atoms in total. The highest BCUT2D eigenvalue weighted by Crippen LogP contribution is 2.36. The molecule has 0 radical (unpaired) electrons. The third-order valence-corrected chi connectivity index (χ3v) is 6.38. The van der Waals surface area contributed by atoms with Gasteiger partial charge in [0.15, 0.2) is 5.65 Å². The van der Waals surface area contributed by atoms with Gasteiger partial charge in [0.1, 0.15) is 17.6 Å². The fourth-order valence-electron chi connectivity index (χ4n) is 4.45. The highest BCUT2D eigenvalue weighted by molar-refractivity contribution is 5.98. The Morgan fingerprint density at radius 3 is 2.32 bits per heavy atom. The molecular formula is C26H18F6N6O3. The van der Waals surface area contributed by atoms with Crippen LogP contribution in [0.4, 0.5) is 37.8 Å². The van der Waals surface area contributed by atoms with E-state index in [4.69, 9.17) is 0 Å². The van der Waals surface area contributed by atoms with Gasteiger partial charge in [0.25, 0.3) is 5.91 Å². The van der Waals surface area contributed by atoms with E-state index in [-0.39, 0.29) is 41.2 Å². The van der Waals surface area contributed by atoms with E-state index in [1.165, 1.54) is 12.1 Å². The number of aromatic nitrogens is 4. The molecule has 1 saturated heterocycles. The number of carboxylic acid groups (broad SMARTS) is 1. The lowest BCUT2D eigenvalue weighted by molar-refractivity contribution is -0.141. The van der Waals surface area contributed by atoms with Crippen molar-refractivity contribution in [3.05, 3.63) is 71.7 Å². The van der Waals surface area contributed by atoms with E-state index in [0.717, 1.165) is 47.5 Å². The zero-order valence-electron chi connectivity index (χ0n) is 20.7. The summed E-state index contributed by atoms with van der Waals surface area (Å²) in [5.74, 6) is -2.66. The van der Waals surface area contributed by atoms with Crippen LogP contribution in [-0.2, 0) is 17.1 Å². The minimum absolute atomic E-state index is 0.0831. The fraction of sp³-hybridized carbons (Fsp3) is 0.231. The zero-order valence-corrected chi connectivity index (χ0v) is 20.7. The smallest absolute Gasteiger partial charge is 0.418 e. The number of nitrogens with one attached hydrogen (secondary N) is 1. The fourth-order valence-corrected chi connectivity index (χ4v) is 4.45. The molecule has 4 aromatic rings. The predicted octanol–water partition coefficient (Wildman–Crippen LogP) is 5.56. The second-order valence-electron chi connectivity index (χ2n) is 9.06. The molecule has 0 unspecified atom stereocenters. The number of likely N-dealkylation sites (tertiary alicyclic amines) is 1. The Hall–Kier alpha value is -4.82. The summed E-state index contributed by atoms with van der Waals surface area (Å²) in [6.07, 6.45) is -7.55. The number of nitrogens with zero attached hydrogens (tertiary/aromatic N) is 5. The normalized spacial score (nSPS) is 15.8. The molecule has 1 fully saturated rings. The second-order valence-corrected chi connectivity index (χ2v) is 9.06. The van der Waals surface area contributed by atoms with Crippen molar-refractivity contribution >= 4 is 34.4 Å². The number of pyridine rings is 2. The van der Waals surface area contributed by atoms with E-state index >= 15 is 0 Å². The number of alkyl halides is 6. The summed E-state index contributed by atoms with van der Waals surface area (Å²) in [5.41, 5.74) is -2.73. The van der Waals surface area contributed by atoms with Crippen LogP contribution >= 0.6 is 0 Å². The van der Waals surface area contributed by atoms with Crippen molar-refractivity contribution < 1.29 is 41.0 Å². The number of anilines is 2. The third-order valence-electron chi connectivity index (χ3n) is 6.38. The molecule has 41 heavy (non-hydrogen) atoms. The maximum atomic E-state index is 13.6. The first kappa shape index (κ1) is 27.7. The van der Waals surface area contributed by atoms with Gasteiger partial charge in [-0.25, -0.2) is 19.7 Å². The summed E-state index contributed by atoms with van der Waals surface area (Å²) < 4.78 is 79.9. The maximum absolute atomic E-state index is 13.6. The van der Waals surface area contributed by atoms with Gasteiger partial charge in [-0.3, -0.25) is 9.78 Å². The van der Waals surface area contributed by atoms with Crippen LogP contribution in [-0.4, -0.2) is 54.4 Å². The van der Waals surface area contributed by atoms with Crippen molar-refractivity contribution in [3.63, 3.8) is 0 Å². The standard InChI is InChI=1S/C26H18F6N6O3/c27-25(28,29)13-5-7-14(8-6-13)34-20-15-9-10-17(19-16(26(30,31)32)3-1-11-33-19)35-21(15)37-22(36-20)23(39)38-12-2-4-18(38)24(40)41/h1,3,5-11,18H,2,4,12H2,(H,40,41)(H,34,35,36,37)/t18-/m0/s1. The minimum atomic E-state index is -4.75. The van der Waals surface area contributed by atoms with E-state index < -0.39 is 52.9 Å². The molecule has 3 aromatic heterocycles. The molecule has 4 heterocycles.